The number of aromatic nitrogens is 1. The summed E-state index contributed by atoms with van der Waals surface area (Å²) in [6, 6.07) is 18.8. The fourth-order valence-corrected chi connectivity index (χ4v) is 8.00. The zero-order valence-electron chi connectivity index (χ0n) is 24.8. The average Bonchev–Trinajstić information content (AvgIpc) is 3.82. The van der Waals surface area contributed by atoms with Crippen LogP contribution in [0.3, 0.4) is 0 Å². The second-order valence-corrected chi connectivity index (χ2v) is 13.0. The summed E-state index contributed by atoms with van der Waals surface area (Å²) in [6.07, 6.45) is 12.5. The number of benzene rings is 2. The number of pyridine rings is 1. The Hall–Kier alpha value is -3.38. The monoisotopic (exact) mass is 566 g/mol. The topological polar surface area (TPSA) is 71.9 Å². The van der Waals surface area contributed by atoms with Gasteiger partial charge in [0.15, 0.2) is 0 Å². The third kappa shape index (κ3) is 5.30. The van der Waals surface area contributed by atoms with Crippen molar-refractivity contribution >= 4 is 5.97 Å². The maximum Gasteiger partial charge on any atom is 0.306 e. The number of nitrogens with zero attached hydrogens (tertiary/aromatic N) is 2. The fraction of sp³-hybridized carbons (Fsp3) is 0.500. The SMILES string of the molecule is COc1cc(-c2ccc(C3CCc4ccc([C@H](C5CC5)[C@H](C)C(=O)O)cc4O3)cc2CN2C3CCCC2CC3)ccn1. The summed E-state index contributed by atoms with van der Waals surface area (Å²) in [7, 11) is 1.67. The average molecular weight is 567 g/mol. The molecule has 5 atom stereocenters. The molecule has 42 heavy (non-hydrogen) atoms. The number of carboxylic acid groups (broad SMARTS) is 1. The summed E-state index contributed by atoms with van der Waals surface area (Å²) in [6.45, 7) is 2.80. The van der Waals surface area contributed by atoms with Gasteiger partial charge in [0.05, 0.1) is 13.0 Å². The molecule has 7 rings (SSSR count). The normalized spacial score (nSPS) is 24.9. The lowest BCUT2D eigenvalue weighted by molar-refractivity contribution is -0.142. The van der Waals surface area contributed by atoms with Gasteiger partial charge in [-0.05, 0) is 109 Å². The standard InChI is InChI=1S/C36H42N2O4/c1-22(36(39)40)35(24-7-8-24)27-9-6-23-11-15-32(42-33(23)19-27)26-10-14-31(25-16-17-37-34(20-25)41-2)28(18-26)21-38-29-4-3-5-30(38)13-12-29/h6,9-10,14,16-20,22,24,29-30,32,35H,3-5,7-8,11-13,15,21H2,1-2H3,(H,39,40)/t22-,29?,30?,32?,35-/m0/s1. The molecule has 2 bridgehead atoms. The third-order valence-electron chi connectivity index (χ3n) is 10.4. The van der Waals surface area contributed by atoms with E-state index in [0.717, 1.165) is 49.1 Å². The molecule has 3 aromatic rings. The molecule has 1 aromatic heterocycles. The number of aliphatic carboxylic acids is 1. The Morgan fingerprint density at radius 1 is 1.02 bits per heavy atom. The van der Waals surface area contributed by atoms with E-state index >= 15 is 0 Å². The van der Waals surface area contributed by atoms with Crippen LogP contribution in [0.25, 0.3) is 11.1 Å². The van der Waals surface area contributed by atoms with Crippen LogP contribution in [0.5, 0.6) is 11.6 Å². The van der Waals surface area contributed by atoms with Gasteiger partial charge < -0.3 is 14.6 Å². The minimum atomic E-state index is -0.718. The molecular formula is C36H42N2O4. The molecule has 1 saturated carbocycles. The smallest absolute Gasteiger partial charge is 0.306 e. The lowest BCUT2D eigenvalue weighted by Gasteiger charge is -2.35. The molecule has 4 heterocycles. The van der Waals surface area contributed by atoms with E-state index in [1.54, 1.807) is 7.11 Å². The molecule has 3 aliphatic heterocycles. The van der Waals surface area contributed by atoms with Crippen molar-refractivity contribution in [3.8, 4) is 22.8 Å². The molecule has 3 fully saturated rings. The molecular weight excluding hydrogens is 524 g/mol. The Morgan fingerprint density at radius 2 is 1.83 bits per heavy atom. The molecule has 0 amide bonds. The van der Waals surface area contributed by atoms with Gasteiger partial charge in [-0.2, -0.15) is 0 Å². The Labute approximate surface area is 249 Å². The number of methoxy groups -OCH3 is 1. The van der Waals surface area contributed by atoms with Gasteiger partial charge in [-0.3, -0.25) is 9.69 Å². The van der Waals surface area contributed by atoms with E-state index in [0.29, 0.717) is 23.9 Å². The van der Waals surface area contributed by atoms with Crippen molar-refractivity contribution in [1.29, 1.82) is 0 Å². The van der Waals surface area contributed by atoms with Crippen molar-refractivity contribution in [2.24, 2.45) is 11.8 Å². The predicted molar refractivity (Wildman–Crippen MR) is 163 cm³/mol. The second kappa shape index (κ2) is 11.4. The van der Waals surface area contributed by atoms with Crippen LogP contribution >= 0.6 is 0 Å². The summed E-state index contributed by atoms with van der Waals surface area (Å²) >= 11 is 0. The van der Waals surface area contributed by atoms with Gasteiger partial charge >= 0.3 is 5.97 Å². The van der Waals surface area contributed by atoms with Crippen LogP contribution in [0, 0.1) is 11.8 Å². The highest BCUT2D eigenvalue weighted by atomic mass is 16.5. The van der Waals surface area contributed by atoms with Crippen molar-refractivity contribution in [3.63, 3.8) is 0 Å². The molecule has 6 heteroatoms. The van der Waals surface area contributed by atoms with E-state index in [1.807, 2.05) is 19.2 Å². The first-order valence-electron chi connectivity index (χ1n) is 15.9. The number of fused-ring (bicyclic) bond motifs is 3. The quantitative estimate of drug-likeness (QED) is 0.288. The molecule has 4 aliphatic rings. The van der Waals surface area contributed by atoms with Gasteiger partial charge in [-0.15, -0.1) is 0 Å². The van der Waals surface area contributed by atoms with Gasteiger partial charge in [0, 0.05) is 30.9 Å². The van der Waals surface area contributed by atoms with E-state index in [1.165, 1.54) is 54.4 Å². The zero-order chi connectivity index (χ0) is 28.8. The highest BCUT2D eigenvalue weighted by molar-refractivity contribution is 5.71. The summed E-state index contributed by atoms with van der Waals surface area (Å²) < 4.78 is 12.2. The number of rotatable bonds is 9. The number of carboxylic acids is 1. The second-order valence-electron chi connectivity index (χ2n) is 13.0. The zero-order valence-corrected chi connectivity index (χ0v) is 24.8. The number of hydrogen-bond acceptors (Lipinski definition) is 5. The molecule has 2 aromatic carbocycles. The minimum Gasteiger partial charge on any atom is -0.485 e. The van der Waals surface area contributed by atoms with Gasteiger partial charge in [-0.25, -0.2) is 4.98 Å². The predicted octanol–water partition coefficient (Wildman–Crippen LogP) is 7.55. The van der Waals surface area contributed by atoms with Gasteiger partial charge in [0.1, 0.15) is 11.9 Å². The molecule has 3 unspecified atom stereocenters. The lowest BCUT2D eigenvalue weighted by Crippen LogP contribution is -2.39. The lowest BCUT2D eigenvalue weighted by atomic mass is 9.82. The summed E-state index contributed by atoms with van der Waals surface area (Å²) in [5, 5.41) is 9.79. The molecule has 1 N–H and O–H groups in total. The van der Waals surface area contributed by atoms with E-state index in [2.05, 4.69) is 52.3 Å². The van der Waals surface area contributed by atoms with Crippen molar-refractivity contribution < 1.29 is 19.4 Å². The maximum absolute atomic E-state index is 11.9. The van der Waals surface area contributed by atoms with E-state index in [9.17, 15) is 9.90 Å². The van der Waals surface area contributed by atoms with Crippen LogP contribution in [0.1, 0.15) is 92.6 Å². The van der Waals surface area contributed by atoms with Crippen molar-refractivity contribution in [1.82, 2.24) is 9.88 Å². The molecule has 220 valence electrons. The van der Waals surface area contributed by atoms with E-state index < -0.39 is 11.9 Å². The van der Waals surface area contributed by atoms with E-state index in [4.69, 9.17) is 9.47 Å². The molecule has 1 aliphatic carbocycles. The summed E-state index contributed by atoms with van der Waals surface area (Å²) in [4.78, 5) is 19.0. The Balaban J connectivity index is 1.20. The third-order valence-corrected chi connectivity index (χ3v) is 10.4. The number of piperidine rings is 1. The van der Waals surface area contributed by atoms with Crippen LogP contribution in [-0.4, -0.2) is 40.2 Å². The molecule has 2 saturated heterocycles. The van der Waals surface area contributed by atoms with Crippen LogP contribution in [0.15, 0.2) is 54.7 Å². The van der Waals surface area contributed by atoms with Crippen LogP contribution < -0.4 is 9.47 Å². The first kappa shape index (κ1) is 27.5. The van der Waals surface area contributed by atoms with Gasteiger partial charge in [0.25, 0.3) is 0 Å². The number of ether oxygens (including phenoxy) is 2. The number of carbonyl (C=O) groups is 1. The van der Waals surface area contributed by atoms with Crippen LogP contribution in [0.4, 0.5) is 0 Å². The fourth-order valence-electron chi connectivity index (χ4n) is 8.00. The Morgan fingerprint density at radius 3 is 2.57 bits per heavy atom. The molecule has 6 nitrogen and oxygen atoms in total. The first-order chi connectivity index (χ1) is 20.5. The molecule has 0 radical (unpaired) electrons. The van der Waals surface area contributed by atoms with E-state index in [-0.39, 0.29) is 12.0 Å². The minimum absolute atomic E-state index is 0.0260. The summed E-state index contributed by atoms with van der Waals surface area (Å²) in [5.41, 5.74) is 7.25. The van der Waals surface area contributed by atoms with Gasteiger partial charge in [0.2, 0.25) is 5.88 Å². The van der Waals surface area contributed by atoms with Crippen molar-refractivity contribution in [3.05, 3.63) is 77.0 Å². The first-order valence-corrected chi connectivity index (χ1v) is 15.9. The highest BCUT2D eigenvalue weighted by Gasteiger charge is 2.39. The summed E-state index contributed by atoms with van der Waals surface area (Å²) in [5.74, 6) is 0.934. The molecule has 0 spiro atoms. The Kier molecular flexibility index (Phi) is 7.43. The van der Waals surface area contributed by atoms with Gasteiger partial charge in [-0.1, -0.05) is 43.7 Å². The van der Waals surface area contributed by atoms with Crippen molar-refractivity contribution in [2.75, 3.05) is 7.11 Å². The number of aryl methyl sites for hydroxylation is 1. The van der Waals surface area contributed by atoms with Crippen LogP contribution in [0.2, 0.25) is 0 Å². The highest BCUT2D eigenvalue weighted by Crippen LogP contribution is 2.48. The maximum atomic E-state index is 11.9. The van der Waals surface area contributed by atoms with Crippen molar-refractivity contribution in [2.45, 2.75) is 95.4 Å². The number of hydrogen-bond donors (Lipinski definition) is 1. The largest absolute Gasteiger partial charge is 0.485 e. The van der Waals surface area contributed by atoms with Crippen LogP contribution in [-0.2, 0) is 17.8 Å². The Bertz CT molecular complexity index is 1450.